The van der Waals surface area contributed by atoms with Gasteiger partial charge in [0.05, 0.1) is 6.61 Å². The zero-order chi connectivity index (χ0) is 5.54. The molecule has 0 saturated carbocycles. The van der Waals surface area contributed by atoms with Gasteiger partial charge in [-0.1, -0.05) is 12.2 Å². The minimum absolute atomic E-state index is 0.247. The van der Waals surface area contributed by atoms with E-state index in [1.807, 2.05) is 13.0 Å². The molecule has 0 fully saturated rings. The van der Waals surface area contributed by atoms with Crippen LogP contribution in [0.3, 0.4) is 0 Å². The highest BCUT2D eigenvalue weighted by molar-refractivity contribution is 7.17. The second-order valence-electron chi connectivity index (χ2n) is 0.939. The van der Waals surface area contributed by atoms with Crippen LogP contribution in [-0.4, -0.2) is 6.61 Å². The molecule has 0 bridgehead atoms. The first-order valence-corrected chi connectivity index (χ1v) is 2.70. The topological polar surface area (TPSA) is 26.3 Å². The Balaban J connectivity index is 2.82. The lowest BCUT2D eigenvalue weighted by molar-refractivity contribution is 0.387. The van der Waals surface area contributed by atoms with Crippen molar-refractivity contribution in [1.82, 2.24) is 0 Å². The number of hydrogen-bond donors (Lipinski definition) is 0. The number of rotatable bonds is 3. The molecule has 0 aliphatic heterocycles. The minimum Gasteiger partial charge on any atom is -0.290 e. The van der Waals surface area contributed by atoms with Crippen LogP contribution < -0.4 is 0 Å². The van der Waals surface area contributed by atoms with Gasteiger partial charge in [-0.3, -0.25) is 4.52 Å². The third-order valence-electron chi connectivity index (χ3n) is 0.459. The Morgan fingerprint density at radius 2 is 2.57 bits per heavy atom. The summed E-state index contributed by atoms with van der Waals surface area (Å²) in [6.07, 6.45) is 3.62. The normalized spacial score (nSPS) is 11.0. The summed E-state index contributed by atoms with van der Waals surface area (Å²) < 4.78 is 13.9. The van der Waals surface area contributed by atoms with Crippen molar-refractivity contribution in [2.75, 3.05) is 6.61 Å². The molecule has 0 radical (unpaired) electrons. The van der Waals surface area contributed by atoms with Crippen LogP contribution >= 0.6 is 8.69 Å². The Hall–Kier alpha value is -0.200. The molecule has 0 aliphatic carbocycles. The van der Waals surface area contributed by atoms with E-state index in [0.29, 0.717) is 6.61 Å². The molecule has 0 heterocycles. The molecule has 0 N–H and O–H groups in total. The minimum atomic E-state index is -0.247. The summed E-state index contributed by atoms with van der Waals surface area (Å²) in [7, 11) is -0.247. The Morgan fingerprint density at radius 1 is 1.86 bits per heavy atom. The Kier molecular flexibility index (Phi) is 5.63. The zero-order valence-corrected chi connectivity index (χ0v) is 5.02. The molecule has 0 amide bonds. The third kappa shape index (κ3) is 5.80. The molecule has 0 aliphatic rings. The fraction of sp³-hybridized carbons (Fsp3) is 0.500. The Morgan fingerprint density at radius 3 is 3.00 bits per heavy atom. The van der Waals surface area contributed by atoms with E-state index in [0.717, 1.165) is 0 Å². The van der Waals surface area contributed by atoms with E-state index in [4.69, 9.17) is 0 Å². The van der Waals surface area contributed by atoms with Gasteiger partial charge in [0.25, 0.3) is 0 Å². The number of allylic oxidation sites excluding steroid dienone is 1. The first-order valence-electron chi connectivity index (χ1n) is 1.97. The number of hydrogen-bond acceptors (Lipinski definition) is 2. The molecule has 0 spiro atoms. The van der Waals surface area contributed by atoms with Crippen LogP contribution in [0, 0.1) is 0 Å². The van der Waals surface area contributed by atoms with Crippen molar-refractivity contribution >= 4 is 8.69 Å². The molecule has 0 aromatic rings. The van der Waals surface area contributed by atoms with Crippen LogP contribution in [0.5, 0.6) is 0 Å². The van der Waals surface area contributed by atoms with Gasteiger partial charge in [0.1, 0.15) is 0 Å². The van der Waals surface area contributed by atoms with E-state index in [1.165, 1.54) is 0 Å². The maximum absolute atomic E-state index is 9.52. The van der Waals surface area contributed by atoms with Crippen LogP contribution in [0.2, 0.25) is 0 Å². The van der Waals surface area contributed by atoms with Gasteiger partial charge in [0.2, 0.25) is 0 Å². The van der Waals surface area contributed by atoms with Gasteiger partial charge in [-0.05, 0) is 6.92 Å². The van der Waals surface area contributed by atoms with Crippen molar-refractivity contribution in [1.29, 1.82) is 0 Å². The van der Waals surface area contributed by atoms with Crippen molar-refractivity contribution in [2.24, 2.45) is 0 Å². The molecule has 0 atom stereocenters. The van der Waals surface area contributed by atoms with E-state index >= 15 is 0 Å². The predicted molar refractivity (Wildman–Crippen MR) is 28.4 cm³/mol. The standard InChI is InChI=1S/C4H7O2P/c1-2-3-4-6-7-5/h2-3H,4H2,1H3/b3-2-. The summed E-state index contributed by atoms with van der Waals surface area (Å²) >= 11 is 0. The van der Waals surface area contributed by atoms with E-state index in [1.54, 1.807) is 6.08 Å². The monoisotopic (exact) mass is 118 g/mol. The first kappa shape index (κ1) is 6.80. The van der Waals surface area contributed by atoms with Crippen LogP contribution in [0.15, 0.2) is 12.2 Å². The van der Waals surface area contributed by atoms with Crippen molar-refractivity contribution in [3.05, 3.63) is 12.2 Å². The van der Waals surface area contributed by atoms with E-state index in [-0.39, 0.29) is 8.69 Å². The van der Waals surface area contributed by atoms with E-state index < -0.39 is 0 Å². The highest BCUT2D eigenvalue weighted by atomic mass is 31.1. The van der Waals surface area contributed by atoms with E-state index in [9.17, 15) is 4.57 Å². The van der Waals surface area contributed by atoms with E-state index in [2.05, 4.69) is 4.52 Å². The maximum Gasteiger partial charge on any atom is 0.327 e. The fourth-order valence-electron chi connectivity index (χ4n) is 0.170. The van der Waals surface area contributed by atoms with Gasteiger partial charge in [-0.15, -0.1) is 0 Å². The van der Waals surface area contributed by atoms with Crippen LogP contribution in [-0.2, 0) is 9.09 Å². The van der Waals surface area contributed by atoms with Crippen molar-refractivity contribution in [3.63, 3.8) is 0 Å². The molecule has 0 aromatic carbocycles. The smallest absolute Gasteiger partial charge is 0.290 e. The third-order valence-corrected chi connectivity index (χ3v) is 0.714. The second kappa shape index (κ2) is 5.80. The van der Waals surface area contributed by atoms with Gasteiger partial charge in [-0.25, -0.2) is 4.57 Å². The average molecular weight is 118 g/mol. The molecule has 0 unspecified atom stereocenters. The first-order chi connectivity index (χ1) is 3.41. The van der Waals surface area contributed by atoms with Gasteiger partial charge >= 0.3 is 8.69 Å². The molecule has 0 aromatic heterocycles. The summed E-state index contributed by atoms with van der Waals surface area (Å²) in [5.41, 5.74) is 0. The van der Waals surface area contributed by atoms with Crippen LogP contribution in [0.25, 0.3) is 0 Å². The lowest BCUT2D eigenvalue weighted by Gasteiger charge is -1.78. The summed E-state index contributed by atoms with van der Waals surface area (Å²) in [4.78, 5) is 0. The molecule has 3 heteroatoms. The molecular formula is C4H7O2P. The van der Waals surface area contributed by atoms with Gasteiger partial charge in [-0.2, -0.15) is 0 Å². The Labute approximate surface area is 44.5 Å². The molecule has 40 valence electrons. The molecular weight excluding hydrogens is 111 g/mol. The second-order valence-corrected chi connectivity index (χ2v) is 1.35. The molecule has 2 nitrogen and oxygen atoms in total. The molecule has 7 heavy (non-hydrogen) atoms. The molecule has 0 rings (SSSR count). The average Bonchev–Trinajstić information content (AvgIpc) is 1.69. The van der Waals surface area contributed by atoms with Gasteiger partial charge in [0, 0.05) is 0 Å². The quantitative estimate of drug-likeness (QED) is 0.321. The molecule has 0 saturated heterocycles. The van der Waals surface area contributed by atoms with Crippen molar-refractivity contribution in [3.8, 4) is 0 Å². The lowest BCUT2D eigenvalue weighted by Crippen LogP contribution is -1.71. The predicted octanol–water partition coefficient (Wildman–Crippen LogP) is 1.79. The van der Waals surface area contributed by atoms with Crippen molar-refractivity contribution < 1.29 is 9.09 Å². The fourth-order valence-corrected chi connectivity index (χ4v) is 0.317. The Bertz CT molecular complexity index is 70.1. The highest BCUT2D eigenvalue weighted by Crippen LogP contribution is 1.91. The lowest BCUT2D eigenvalue weighted by atomic mass is 10.6. The van der Waals surface area contributed by atoms with Gasteiger partial charge in [0.15, 0.2) is 0 Å². The summed E-state index contributed by atoms with van der Waals surface area (Å²) in [5, 5.41) is 0. The van der Waals surface area contributed by atoms with Crippen LogP contribution in [0.1, 0.15) is 6.92 Å². The largest absolute Gasteiger partial charge is 0.327 e. The van der Waals surface area contributed by atoms with Crippen molar-refractivity contribution in [2.45, 2.75) is 6.92 Å². The zero-order valence-electron chi connectivity index (χ0n) is 4.13. The SMILES string of the molecule is C/C=C\COP=O. The van der Waals surface area contributed by atoms with Gasteiger partial charge < -0.3 is 0 Å². The highest BCUT2D eigenvalue weighted by Gasteiger charge is 1.71. The summed E-state index contributed by atoms with van der Waals surface area (Å²) in [5.74, 6) is 0. The summed E-state index contributed by atoms with van der Waals surface area (Å²) in [6, 6.07) is 0. The van der Waals surface area contributed by atoms with Crippen LogP contribution in [0.4, 0.5) is 0 Å². The maximum atomic E-state index is 9.52. The summed E-state index contributed by atoms with van der Waals surface area (Å²) in [6.45, 7) is 2.31.